The van der Waals surface area contributed by atoms with Crippen LogP contribution in [0.1, 0.15) is 39.5 Å². The lowest BCUT2D eigenvalue weighted by Crippen LogP contribution is -2.48. The molecule has 1 aliphatic carbocycles. The van der Waals surface area contributed by atoms with Gasteiger partial charge in [0.1, 0.15) is 0 Å². The molecule has 3 aliphatic rings. The van der Waals surface area contributed by atoms with Crippen molar-refractivity contribution in [3.05, 3.63) is 0 Å². The van der Waals surface area contributed by atoms with Gasteiger partial charge in [-0.2, -0.15) is 0 Å². The van der Waals surface area contributed by atoms with Crippen LogP contribution in [-0.4, -0.2) is 24.4 Å². The lowest BCUT2D eigenvalue weighted by atomic mass is 9.81. The Kier molecular flexibility index (Phi) is 1.79. The van der Waals surface area contributed by atoms with Gasteiger partial charge in [-0.25, -0.2) is 0 Å². The van der Waals surface area contributed by atoms with Gasteiger partial charge in [-0.15, -0.1) is 0 Å². The molecule has 2 nitrogen and oxygen atoms in total. The first-order valence-electron chi connectivity index (χ1n) is 5.91. The van der Waals surface area contributed by atoms with Crippen molar-refractivity contribution < 1.29 is 9.47 Å². The Hall–Kier alpha value is -0.0800. The Balaban J connectivity index is 1.81. The van der Waals surface area contributed by atoms with Crippen LogP contribution in [0, 0.1) is 11.8 Å². The topological polar surface area (TPSA) is 18.5 Å². The fourth-order valence-electron chi connectivity index (χ4n) is 3.20. The summed E-state index contributed by atoms with van der Waals surface area (Å²) in [5, 5.41) is 0. The second-order valence-electron chi connectivity index (χ2n) is 5.71. The molecule has 0 aromatic rings. The molecule has 1 saturated carbocycles. The molecule has 2 saturated heterocycles. The molecular weight excluding hydrogens is 176 g/mol. The summed E-state index contributed by atoms with van der Waals surface area (Å²) in [5.41, 5.74) is -0.0236. The molecule has 0 amide bonds. The molecule has 3 rings (SSSR count). The molecule has 0 N–H and O–H groups in total. The van der Waals surface area contributed by atoms with Crippen LogP contribution in [-0.2, 0) is 9.47 Å². The minimum Gasteiger partial charge on any atom is -0.372 e. The van der Waals surface area contributed by atoms with Gasteiger partial charge in [0.25, 0.3) is 0 Å². The molecule has 0 unspecified atom stereocenters. The zero-order chi connectivity index (χ0) is 9.81. The summed E-state index contributed by atoms with van der Waals surface area (Å²) in [4.78, 5) is 0. The highest BCUT2D eigenvalue weighted by Gasteiger charge is 2.55. The van der Waals surface area contributed by atoms with Gasteiger partial charge in [-0.05, 0) is 44.9 Å². The maximum atomic E-state index is 6.20. The van der Waals surface area contributed by atoms with Crippen LogP contribution in [0.5, 0.6) is 0 Å². The number of rotatable bonds is 0. The lowest BCUT2D eigenvalue weighted by molar-refractivity contribution is -0.139. The second-order valence-corrected chi connectivity index (χ2v) is 5.71. The van der Waals surface area contributed by atoms with Crippen molar-refractivity contribution in [3.8, 4) is 0 Å². The summed E-state index contributed by atoms with van der Waals surface area (Å²) in [5.74, 6) is 1.86. The van der Waals surface area contributed by atoms with Crippen LogP contribution in [0.4, 0.5) is 0 Å². The SMILES string of the molecule is CC1(C)OCC[C@]12CC[C@H]1C[C@@H]1CO2. The molecule has 0 radical (unpaired) electrons. The quantitative estimate of drug-likeness (QED) is 0.592. The van der Waals surface area contributed by atoms with Gasteiger partial charge in [0.05, 0.1) is 24.4 Å². The van der Waals surface area contributed by atoms with Crippen LogP contribution in [0.25, 0.3) is 0 Å². The Morgan fingerprint density at radius 1 is 1.07 bits per heavy atom. The van der Waals surface area contributed by atoms with Gasteiger partial charge in [0.2, 0.25) is 0 Å². The second kappa shape index (κ2) is 2.73. The normalized spacial score (nSPS) is 50.1. The molecule has 0 aromatic carbocycles. The van der Waals surface area contributed by atoms with Gasteiger partial charge in [-0.3, -0.25) is 0 Å². The summed E-state index contributed by atoms with van der Waals surface area (Å²) in [6.45, 7) is 6.24. The fourth-order valence-corrected chi connectivity index (χ4v) is 3.20. The van der Waals surface area contributed by atoms with E-state index < -0.39 is 0 Å². The number of hydrogen-bond donors (Lipinski definition) is 0. The standard InChI is InChI=1S/C12H20O2/c1-11(2)12(5-6-13-11)4-3-9-7-10(9)8-14-12/h9-10H,3-8H2,1-2H3/t9-,10+,12+/m0/s1. The molecule has 2 heteroatoms. The van der Waals surface area contributed by atoms with Gasteiger partial charge in [-0.1, -0.05) is 0 Å². The minimum absolute atomic E-state index is 0.0421. The highest BCUT2D eigenvalue weighted by molar-refractivity contribution is 5.04. The predicted octanol–water partition coefficient (Wildman–Crippen LogP) is 2.37. The van der Waals surface area contributed by atoms with E-state index in [1.165, 1.54) is 19.3 Å². The number of fused-ring (bicyclic) bond motifs is 1. The molecule has 0 aromatic heterocycles. The van der Waals surface area contributed by atoms with Crippen molar-refractivity contribution in [1.29, 1.82) is 0 Å². The molecule has 80 valence electrons. The predicted molar refractivity (Wildman–Crippen MR) is 54.2 cm³/mol. The van der Waals surface area contributed by atoms with Crippen LogP contribution < -0.4 is 0 Å². The third-order valence-electron chi connectivity index (χ3n) is 4.63. The summed E-state index contributed by atoms with van der Waals surface area (Å²) in [7, 11) is 0. The summed E-state index contributed by atoms with van der Waals surface area (Å²) in [6, 6.07) is 0. The minimum atomic E-state index is -0.0657. The monoisotopic (exact) mass is 196 g/mol. The first-order chi connectivity index (χ1) is 6.63. The summed E-state index contributed by atoms with van der Waals surface area (Å²) in [6.07, 6.45) is 5.08. The van der Waals surface area contributed by atoms with E-state index >= 15 is 0 Å². The Morgan fingerprint density at radius 2 is 1.93 bits per heavy atom. The first-order valence-corrected chi connectivity index (χ1v) is 5.91. The fraction of sp³-hybridized carbons (Fsp3) is 1.00. The van der Waals surface area contributed by atoms with Crippen molar-refractivity contribution in [3.63, 3.8) is 0 Å². The van der Waals surface area contributed by atoms with Crippen LogP contribution >= 0.6 is 0 Å². The van der Waals surface area contributed by atoms with E-state index in [0.717, 1.165) is 31.5 Å². The molecular formula is C12H20O2. The third kappa shape index (κ3) is 1.17. The lowest BCUT2D eigenvalue weighted by Gasteiger charge is -2.39. The maximum absolute atomic E-state index is 6.20. The number of ether oxygens (including phenoxy) is 2. The molecule has 2 heterocycles. The van der Waals surface area contributed by atoms with Crippen LogP contribution in [0.2, 0.25) is 0 Å². The molecule has 14 heavy (non-hydrogen) atoms. The van der Waals surface area contributed by atoms with E-state index in [-0.39, 0.29) is 11.2 Å². The summed E-state index contributed by atoms with van der Waals surface area (Å²) < 4.78 is 12.0. The van der Waals surface area contributed by atoms with E-state index in [1.807, 2.05) is 0 Å². The Bertz CT molecular complexity index is 235. The van der Waals surface area contributed by atoms with E-state index in [9.17, 15) is 0 Å². The highest BCUT2D eigenvalue weighted by atomic mass is 16.6. The number of hydrogen-bond acceptors (Lipinski definition) is 2. The van der Waals surface area contributed by atoms with Crippen molar-refractivity contribution in [2.45, 2.75) is 50.7 Å². The Labute approximate surface area is 86.0 Å². The average Bonchev–Trinajstić information content (AvgIpc) is 2.80. The first kappa shape index (κ1) is 9.17. The molecule has 3 fully saturated rings. The van der Waals surface area contributed by atoms with Gasteiger partial charge in [0.15, 0.2) is 0 Å². The molecule has 1 spiro atoms. The van der Waals surface area contributed by atoms with E-state index in [2.05, 4.69) is 13.8 Å². The van der Waals surface area contributed by atoms with Crippen LogP contribution in [0.15, 0.2) is 0 Å². The largest absolute Gasteiger partial charge is 0.372 e. The maximum Gasteiger partial charge on any atom is 0.0987 e. The van der Waals surface area contributed by atoms with Crippen molar-refractivity contribution >= 4 is 0 Å². The Morgan fingerprint density at radius 3 is 2.64 bits per heavy atom. The van der Waals surface area contributed by atoms with Gasteiger partial charge in [0, 0.05) is 6.42 Å². The van der Waals surface area contributed by atoms with Crippen molar-refractivity contribution in [2.24, 2.45) is 11.8 Å². The van der Waals surface area contributed by atoms with Crippen molar-refractivity contribution in [2.75, 3.05) is 13.2 Å². The molecule has 3 atom stereocenters. The van der Waals surface area contributed by atoms with E-state index in [4.69, 9.17) is 9.47 Å². The molecule has 0 bridgehead atoms. The van der Waals surface area contributed by atoms with E-state index in [0.29, 0.717) is 0 Å². The summed E-state index contributed by atoms with van der Waals surface area (Å²) >= 11 is 0. The van der Waals surface area contributed by atoms with Gasteiger partial charge >= 0.3 is 0 Å². The van der Waals surface area contributed by atoms with Gasteiger partial charge < -0.3 is 9.47 Å². The van der Waals surface area contributed by atoms with Crippen LogP contribution in [0.3, 0.4) is 0 Å². The zero-order valence-electron chi connectivity index (χ0n) is 9.21. The average molecular weight is 196 g/mol. The zero-order valence-corrected chi connectivity index (χ0v) is 9.21. The van der Waals surface area contributed by atoms with E-state index in [1.54, 1.807) is 0 Å². The smallest absolute Gasteiger partial charge is 0.0987 e. The third-order valence-corrected chi connectivity index (χ3v) is 4.63. The molecule has 2 aliphatic heterocycles. The highest BCUT2D eigenvalue weighted by Crippen LogP contribution is 2.52. The van der Waals surface area contributed by atoms with Crippen molar-refractivity contribution in [1.82, 2.24) is 0 Å².